The van der Waals surface area contributed by atoms with Gasteiger partial charge in [-0.05, 0) is 36.6 Å². The third-order valence-electron chi connectivity index (χ3n) is 4.47. The summed E-state index contributed by atoms with van der Waals surface area (Å²) in [6, 6.07) is 5.34. The van der Waals surface area contributed by atoms with Crippen LogP contribution in [0.4, 0.5) is 4.39 Å². The highest BCUT2D eigenvalue weighted by Crippen LogP contribution is 2.29. The van der Waals surface area contributed by atoms with E-state index in [4.69, 9.17) is 22.7 Å². The molecule has 1 saturated heterocycles. The van der Waals surface area contributed by atoms with Crippen LogP contribution in [0.1, 0.15) is 36.8 Å². The van der Waals surface area contributed by atoms with Crippen LogP contribution in [0.2, 0.25) is 0 Å². The zero-order chi connectivity index (χ0) is 14.8. The number of ether oxygens (including phenoxy) is 1. The zero-order valence-electron chi connectivity index (χ0n) is 12.1. The smallest absolute Gasteiger partial charge is 0.124 e. The first-order valence-electron chi connectivity index (χ1n) is 7.58. The van der Waals surface area contributed by atoms with Crippen molar-refractivity contribution in [2.75, 3.05) is 13.2 Å². The first-order valence-corrected chi connectivity index (χ1v) is 7.99. The van der Waals surface area contributed by atoms with Gasteiger partial charge in [-0.3, -0.25) is 4.90 Å². The number of halogens is 1. The summed E-state index contributed by atoms with van der Waals surface area (Å²) < 4.78 is 19.6. The quantitative estimate of drug-likeness (QED) is 0.871. The Bertz CT molecular complexity index is 535. The van der Waals surface area contributed by atoms with Crippen molar-refractivity contribution in [3.8, 4) is 0 Å². The highest BCUT2D eigenvalue weighted by molar-refractivity contribution is 7.80. The molecule has 1 aliphatic heterocycles. The fourth-order valence-electron chi connectivity index (χ4n) is 3.49. The number of thiocarbonyl (C=S) groups is 1. The second kappa shape index (κ2) is 6.38. The van der Waals surface area contributed by atoms with Gasteiger partial charge in [0, 0.05) is 24.7 Å². The average Bonchev–Trinajstić information content (AvgIpc) is 2.47. The number of nitrogens with zero attached hydrogens (tertiary/aromatic N) is 1. The Hall–Kier alpha value is -1.04. The Morgan fingerprint density at radius 3 is 2.95 bits per heavy atom. The minimum absolute atomic E-state index is 0.244. The van der Waals surface area contributed by atoms with Gasteiger partial charge in [0.2, 0.25) is 0 Å². The maximum absolute atomic E-state index is 13.7. The van der Waals surface area contributed by atoms with E-state index in [1.165, 1.54) is 25.3 Å². The molecule has 0 bridgehead atoms. The molecule has 0 amide bonds. The number of benzene rings is 1. The Morgan fingerprint density at radius 2 is 2.14 bits per heavy atom. The Kier molecular flexibility index (Phi) is 4.52. The van der Waals surface area contributed by atoms with Crippen LogP contribution in [0.15, 0.2) is 18.2 Å². The van der Waals surface area contributed by atoms with E-state index < -0.39 is 0 Å². The van der Waals surface area contributed by atoms with E-state index >= 15 is 0 Å². The molecular weight excluding hydrogens is 287 g/mol. The van der Waals surface area contributed by atoms with E-state index in [2.05, 4.69) is 4.90 Å². The van der Waals surface area contributed by atoms with Crippen LogP contribution >= 0.6 is 12.2 Å². The fourth-order valence-corrected chi connectivity index (χ4v) is 3.61. The summed E-state index contributed by atoms with van der Waals surface area (Å²) in [5.41, 5.74) is 7.16. The standard InChI is InChI=1S/C16H21FN2OS/c17-13-8-11(7-12(9-13)16(18)21)10-19-5-6-20-15-4-2-1-3-14(15)19/h7-9,14-15H,1-6,10H2,(H2,18,21). The van der Waals surface area contributed by atoms with Gasteiger partial charge in [-0.2, -0.15) is 0 Å². The first-order chi connectivity index (χ1) is 10.1. The Morgan fingerprint density at radius 1 is 1.33 bits per heavy atom. The molecule has 2 N–H and O–H groups in total. The highest BCUT2D eigenvalue weighted by atomic mass is 32.1. The molecule has 3 nitrogen and oxygen atoms in total. The molecule has 1 aliphatic carbocycles. The molecule has 0 spiro atoms. The van der Waals surface area contributed by atoms with Gasteiger partial charge >= 0.3 is 0 Å². The number of rotatable bonds is 3. The van der Waals surface area contributed by atoms with E-state index in [0.717, 1.165) is 31.7 Å². The molecule has 21 heavy (non-hydrogen) atoms. The molecule has 1 aromatic carbocycles. The van der Waals surface area contributed by atoms with Gasteiger partial charge in [0.15, 0.2) is 0 Å². The van der Waals surface area contributed by atoms with Gasteiger partial charge in [-0.1, -0.05) is 25.1 Å². The molecule has 1 heterocycles. The molecule has 2 aliphatic rings. The van der Waals surface area contributed by atoms with Gasteiger partial charge in [-0.25, -0.2) is 4.39 Å². The Balaban J connectivity index is 1.77. The third-order valence-corrected chi connectivity index (χ3v) is 4.71. The lowest BCUT2D eigenvalue weighted by Crippen LogP contribution is -2.52. The zero-order valence-corrected chi connectivity index (χ0v) is 12.9. The third kappa shape index (κ3) is 3.42. The maximum Gasteiger partial charge on any atom is 0.124 e. The molecule has 1 aromatic rings. The average molecular weight is 308 g/mol. The number of hydrogen-bond acceptors (Lipinski definition) is 3. The predicted molar refractivity (Wildman–Crippen MR) is 84.7 cm³/mol. The van der Waals surface area contributed by atoms with Crippen LogP contribution in [-0.2, 0) is 11.3 Å². The summed E-state index contributed by atoms with van der Waals surface area (Å²) >= 11 is 4.96. The van der Waals surface area contributed by atoms with E-state index in [0.29, 0.717) is 17.7 Å². The molecule has 0 aromatic heterocycles. The van der Waals surface area contributed by atoms with Crippen LogP contribution < -0.4 is 5.73 Å². The monoisotopic (exact) mass is 308 g/mol. The highest BCUT2D eigenvalue weighted by Gasteiger charge is 2.34. The summed E-state index contributed by atoms with van der Waals surface area (Å²) in [7, 11) is 0. The SMILES string of the molecule is NC(=S)c1cc(F)cc(CN2CCOC3CCCCC32)c1. The van der Waals surface area contributed by atoms with Crippen molar-refractivity contribution in [2.24, 2.45) is 5.73 Å². The first kappa shape index (κ1) is 14.9. The van der Waals surface area contributed by atoms with Crippen LogP contribution in [0, 0.1) is 5.82 Å². The van der Waals surface area contributed by atoms with Crippen LogP contribution in [0.5, 0.6) is 0 Å². The lowest BCUT2D eigenvalue weighted by atomic mass is 9.90. The molecule has 2 fully saturated rings. The number of fused-ring (bicyclic) bond motifs is 1. The summed E-state index contributed by atoms with van der Waals surface area (Å²) in [4.78, 5) is 2.67. The number of morpholine rings is 1. The van der Waals surface area contributed by atoms with Crippen molar-refractivity contribution < 1.29 is 9.13 Å². The van der Waals surface area contributed by atoms with Crippen molar-refractivity contribution in [1.82, 2.24) is 4.90 Å². The van der Waals surface area contributed by atoms with Gasteiger partial charge in [-0.15, -0.1) is 0 Å². The molecular formula is C16H21FN2OS. The predicted octanol–water partition coefficient (Wildman–Crippen LogP) is 2.60. The van der Waals surface area contributed by atoms with Crippen LogP contribution in [-0.4, -0.2) is 35.2 Å². The van der Waals surface area contributed by atoms with Gasteiger partial charge < -0.3 is 10.5 Å². The van der Waals surface area contributed by atoms with Crippen molar-refractivity contribution in [2.45, 2.75) is 44.4 Å². The molecule has 2 unspecified atom stereocenters. The second-order valence-corrected chi connectivity index (χ2v) is 6.38. The number of nitrogens with two attached hydrogens (primary N) is 1. The molecule has 5 heteroatoms. The molecule has 2 atom stereocenters. The second-order valence-electron chi connectivity index (χ2n) is 5.94. The molecule has 114 valence electrons. The van der Waals surface area contributed by atoms with Crippen molar-refractivity contribution >= 4 is 17.2 Å². The summed E-state index contributed by atoms with van der Waals surface area (Å²) in [6.07, 6.45) is 5.16. The molecule has 3 rings (SSSR count). The molecule has 0 radical (unpaired) electrons. The summed E-state index contributed by atoms with van der Waals surface area (Å²) in [5, 5.41) is 0. The molecule has 1 saturated carbocycles. The van der Waals surface area contributed by atoms with Gasteiger partial charge in [0.05, 0.1) is 12.7 Å². The van der Waals surface area contributed by atoms with Gasteiger partial charge in [0.1, 0.15) is 10.8 Å². The topological polar surface area (TPSA) is 38.5 Å². The van der Waals surface area contributed by atoms with Crippen LogP contribution in [0.25, 0.3) is 0 Å². The van der Waals surface area contributed by atoms with E-state index in [-0.39, 0.29) is 10.8 Å². The maximum atomic E-state index is 13.7. The van der Waals surface area contributed by atoms with Gasteiger partial charge in [0.25, 0.3) is 0 Å². The van der Waals surface area contributed by atoms with E-state index in [1.54, 1.807) is 6.07 Å². The van der Waals surface area contributed by atoms with Crippen molar-refractivity contribution in [3.63, 3.8) is 0 Å². The van der Waals surface area contributed by atoms with Crippen molar-refractivity contribution in [1.29, 1.82) is 0 Å². The summed E-state index contributed by atoms with van der Waals surface area (Å²) in [5.74, 6) is -0.274. The largest absolute Gasteiger partial charge is 0.389 e. The lowest BCUT2D eigenvalue weighted by Gasteiger charge is -2.43. The summed E-state index contributed by atoms with van der Waals surface area (Å²) in [6.45, 7) is 2.40. The number of hydrogen-bond donors (Lipinski definition) is 1. The minimum atomic E-state index is -0.274. The van der Waals surface area contributed by atoms with Crippen molar-refractivity contribution in [3.05, 3.63) is 35.1 Å². The van der Waals surface area contributed by atoms with E-state index in [1.807, 2.05) is 6.07 Å². The lowest BCUT2D eigenvalue weighted by molar-refractivity contribution is -0.0911. The fraction of sp³-hybridized carbons (Fsp3) is 0.562. The minimum Gasteiger partial charge on any atom is -0.389 e. The van der Waals surface area contributed by atoms with E-state index in [9.17, 15) is 4.39 Å². The Labute approximate surface area is 130 Å². The van der Waals surface area contributed by atoms with Crippen LogP contribution in [0.3, 0.4) is 0 Å². The normalized spacial score (nSPS) is 26.3.